The Labute approximate surface area is 219 Å². The average Bonchev–Trinajstić information content (AvgIpc) is 3.38. The van der Waals surface area contributed by atoms with E-state index in [-0.39, 0.29) is 0 Å². The van der Waals surface area contributed by atoms with Gasteiger partial charge in [-0.3, -0.25) is 0 Å². The van der Waals surface area contributed by atoms with E-state index < -0.39 is 0 Å². The van der Waals surface area contributed by atoms with E-state index in [1.165, 1.54) is 29.6 Å². The largest absolute Gasteiger partial charge is 0.369 e. The van der Waals surface area contributed by atoms with Crippen LogP contribution in [0.1, 0.15) is 36.4 Å². The first kappa shape index (κ1) is 23.6. The number of fused-ring (bicyclic) bond motifs is 1. The van der Waals surface area contributed by atoms with Gasteiger partial charge in [0.25, 0.3) is 0 Å². The van der Waals surface area contributed by atoms with Gasteiger partial charge in [0.15, 0.2) is 5.65 Å². The van der Waals surface area contributed by atoms with Gasteiger partial charge in [0.1, 0.15) is 13.7 Å². The third-order valence-electron chi connectivity index (χ3n) is 7.67. The number of hydrogen-bond acceptors (Lipinski definition) is 6. The van der Waals surface area contributed by atoms with Gasteiger partial charge in [-0.1, -0.05) is 36.3 Å². The van der Waals surface area contributed by atoms with Crippen molar-refractivity contribution in [3.05, 3.63) is 84.7 Å². The van der Waals surface area contributed by atoms with E-state index in [1.54, 1.807) is 0 Å². The summed E-state index contributed by atoms with van der Waals surface area (Å²) in [6.45, 7) is 9.48. The van der Waals surface area contributed by atoms with E-state index in [2.05, 4.69) is 94.6 Å². The minimum absolute atomic E-state index is 0.340. The lowest BCUT2D eigenvalue weighted by Gasteiger charge is -2.37. The van der Waals surface area contributed by atoms with Crippen LogP contribution < -0.4 is 25.9 Å². The van der Waals surface area contributed by atoms with Crippen molar-refractivity contribution in [2.24, 2.45) is 0 Å². The Hall–Kier alpha value is -3.78. The van der Waals surface area contributed by atoms with Crippen LogP contribution in [0, 0.1) is 0 Å². The molecule has 1 atom stereocenters. The fraction of sp³-hybridized carbons (Fsp3) is 0.310. The maximum Gasteiger partial charge on any atom is 0.166 e. The van der Waals surface area contributed by atoms with Crippen LogP contribution in [0.25, 0.3) is 11.3 Å². The highest BCUT2D eigenvalue weighted by Gasteiger charge is 2.26. The monoisotopic (exact) mass is 491 g/mol. The fourth-order valence-corrected chi connectivity index (χ4v) is 5.64. The van der Waals surface area contributed by atoms with Crippen molar-refractivity contribution < 1.29 is 0 Å². The lowest BCUT2D eigenvalue weighted by molar-refractivity contribution is 0.471. The Morgan fingerprint density at radius 2 is 1.81 bits per heavy atom. The molecule has 8 heteroatoms. The molecule has 4 heterocycles. The maximum atomic E-state index is 5.12. The van der Waals surface area contributed by atoms with Crippen molar-refractivity contribution in [3.8, 4) is 0 Å². The highest BCUT2D eigenvalue weighted by atomic mass is 15.3. The highest BCUT2D eigenvalue weighted by Crippen LogP contribution is 2.34. The number of nitrogens with zero attached hydrogens (tertiary/aromatic N) is 5. The number of aromatic nitrogens is 3. The molecule has 0 amide bonds. The zero-order valence-electron chi connectivity index (χ0n) is 21.5. The molecule has 2 saturated heterocycles. The second-order valence-electron chi connectivity index (χ2n) is 10.1. The number of anilines is 3. The molecule has 7 nitrogen and oxygen atoms in total. The minimum Gasteiger partial charge on any atom is -0.369 e. The molecule has 2 aromatic heterocycles. The topological polar surface area (TPSA) is 60.7 Å². The number of hydrogen-bond donors (Lipinski definition) is 2. The first-order valence-electron chi connectivity index (χ1n) is 13.4. The van der Waals surface area contributed by atoms with Crippen LogP contribution in [0.4, 0.5) is 17.2 Å². The van der Waals surface area contributed by atoms with E-state index in [1.807, 2.05) is 16.9 Å². The first-order chi connectivity index (χ1) is 18.2. The van der Waals surface area contributed by atoms with Crippen molar-refractivity contribution >= 4 is 41.8 Å². The molecule has 0 saturated carbocycles. The summed E-state index contributed by atoms with van der Waals surface area (Å²) < 4.78 is 1.84. The van der Waals surface area contributed by atoms with E-state index >= 15 is 0 Å². The molecule has 0 aliphatic carbocycles. The highest BCUT2D eigenvalue weighted by molar-refractivity contribution is 6.33. The van der Waals surface area contributed by atoms with Gasteiger partial charge in [-0.25, -0.2) is 9.50 Å². The molecule has 2 fully saturated rings. The van der Waals surface area contributed by atoms with Crippen molar-refractivity contribution in [2.75, 3.05) is 47.8 Å². The molecule has 2 aliphatic rings. The molecule has 2 aromatic carbocycles. The number of piperidine rings is 1. The molecule has 0 radical (unpaired) electrons. The van der Waals surface area contributed by atoms with Gasteiger partial charge >= 0.3 is 0 Å². The van der Waals surface area contributed by atoms with Gasteiger partial charge < -0.3 is 20.4 Å². The van der Waals surface area contributed by atoms with Crippen molar-refractivity contribution in [1.29, 1.82) is 0 Å². The summed E-state index contributed by atoms with van der Waals surface area (Å²) in [6, 6.07) is 19.8. The Kier molecular flexibility index (Phi) is 6.57. The van der Waals surface area contributed by atoms with Crippen LogP contribution in [0.5, 0.6) is 0 Å². The summed E-state index contributed by atoms with van der Waals surface area (Å²) in [5.74, 6) is 0.996. The van der Waals surface area contributed by atoms with Crippen LogP contribution in [0.15, 0.2) is 73.6 Å². The summed E-state index contributed by atoms with van der Waals surface area (Å²) in [7, 11) is 2.21. The van der Waals surface area contributed by atoms with E-state index in [4.69, 9.17) is 4.98 Å². The van der Waals surface area contributed by atoms with Crippen LogP contribution in [0.3, 0.4) is 0 Å². The molecule has 0 bridgehead atoms. The Morgan fingerprint density at radius 1 is 1.00 bits per heavy atom. The third kappa shape index (κ3) is 4.81. The molecule has 1 unspecified atom stereocenters. The van der Waals surface area contributed by atoms with Gasteiger partial charge in [0, 0.05) is 56.0 Å². The van der Waals surface area contributed by atoms with E-state index in [0.717, 1.165) is 67.6 Å². The van der Waals surface area contributed by atoms with Crippen LogP contribution in [-0.4, -0.2) is 55.2 Å². The number of nitrogens with one attached hydrogen (secondary N) is 2. The van der Waals surface area contributed by atoms with E-state index in [0.29, 0.717) is 6.04 Å². The smallest absolute Gasteiger partial charge is 0.166 e. The predicted octanol–water partition coefficient (Wildman–Crippen LogP) is 3.21. The molecule has 6 rings (SSSR count). The predicted molar refractivity (Wildman–Crippen MR) is 156 cm³/mol. The van der Waals surface area contributed by atoms with Crippen molar-refractivity contribution in [1.82, 2.24) is 19.9 Å². The summed E-state index contributed by atoms with van der Waals surface area (Å²) in [5.41, 5.74) is 7.53. The second kappa shape index (κ2) is 10.3. The SMILES string of the molecule is Bc1ccccc1C1CCCCN1c1ccn2ncc(C(=C)Nc3ccc(N4CCNCC4)cc3)c2n1. The van der Waals surface area contributed by atoms with Crippen LogP contribution >= 0.6 is 0 Å². The summed E-state index contributed by atoms with van der Waals surface area (Å²) >= 11 is 0. The molecular formula is C29H34BN7. The summed E-state index contributed by atoms with van der Waals surface area (Å²) in [6.07, 6.45) is 7.43. The fourth-order valence-electron chi connectivity index (χ4n) is 5.64. The summed E-state index contributed by atoms with van der Waals surface area (Å²) in [4.78, 5) is 9.99. The molecule has 0 spiro atoms. The number of piperazine rings is 1. The van der Waals surface area contributed by atoms with Gasteiger partial charge in [0.05, 0.1) is 17.8 Å². The normalized spacial score (nSPS) is 18.2. The van der Waals surface area contributed by atoms with E-state index in [9.17, 15) is 0 Å². The number of rotatable bonds is 6. The van der Waals surface area contributed by atoms with Crippen LogP contribution in [0.2, 0.25) is 0 Å². The van der Waals surface area contributed by atoms with Gasteiger partial charge in [-0.2, -0.15) is 5.10 Å². The molecule has 4 aromatic rings. The molecule has 37 heavy (non-hydrogen) atoms. The van der Waals surface area contributed by atoms with Crippen molar-refractivity contribution in [2.45, 2.75) is 25.3 Å². The standard InChI is InChI=1S/C29H34BN7/c1-21(33-22-9-11-23(12-10-22)35-18-14-31-15-19-35)25-20-32-37-17-13-28(34-29(25)37)36-16-5-4-8-27(36)24-6-2-3-7-26(24)30/h2-3,6-7,9-13,17,20,27,31,33H,1,4-5,8,14-16,18-19,30H2. The minimum atomic E-state index is 0.340. The first-order valence-corrected chi connectivity index (χ1v) is 13.4. The lowest BCUT2D eigenvalue weighted by atomic mass is 9.84. The second-order valence-corrected chi connectivity index (χ2v) is 10.1. The molecule has 2 aliphatic heterocycles. The Morgan fingerprint density at radius 3 is 2.62 bits per heavy atom. The quantitative estimate of drug-likeness (QED) is 0.404. The molecule has 188 valence electrons. The van der Waals surface area contributed by atoms with Crippen LogP contribution in [-0.2, 0) is 0 Å². The zero-order chi connectivity index (χ0) is 25.2. The Bertz CT molecular complexity index is 1390. The summed E-state index contributed by atoms with van der Waals surface area (Å²) in [5, 5.41) is 11.4. The van der Waals surface area contributed by atoms with Gasteiger partial charge in [-0.05, 0) is 55.2 Å². The van der Waals surface area contributed by atoms with Gasteiger partial charge in [-0.15, -0.1) is 0 Å². The number of benzene rings is 2. The Balaban J connectivity index is 1.24. The molecule has 2 N–H and O–H groups in total. The van der Waals surface area contributed by atoms with Crippen molar-refractivity contribution in [3.63, 3.8) is 0 Å². The molecular weight excluding hydrogens is 457 g/mol. The zero-order valence-corrected chi connectivity index (χ0v) is 21.5. The average molecular weight is 491 g/mol. The third-order valence-corrected chi connectivity index (χ3v) is 7.67. The lowest BCUT2D eigenvalue weighted by Crippen LogP contribution is -2.43. The maximum absolute atomic E-state index is 5.12. The van der Waals surface area contributed by atoms with Gasteiger partial charge in [0.2, 0.25) is 0 Å².